The maximum Gasteiger partial charge on any atom is 0.314 e. The molecule has 206 valence electrons. The van der Waals surface area contributed by atoms with Crippen molar-refractivity contribution in [2.45, 2.75) is 54.9 Å². The maximum absolute atomic E-state index is 13.6. The van der Waals surface area contributed by atoms with Gasteiger partial charge in [-0.3, -0.25) is 9.59 Å². The smallest absolute Gasteiger partial charge is 0.314 e. The molecule has 0 aromatic heterocycles. The van der Waals surface area contributed by atoms with Gasteiger partial charge in [-0.15, -0.1) is 11.8 Å². The Hall–Kier alpha value is -2.85. The summed E-state index contributed by atoms with van der Waals surface area (Å²) in [7, 11) is 1.58. The molecule has 0 radical (unpaired) electrons. The molecule has 4 amide bonds. The lowest BCUT2D eigenvalue weighted by Gasteiger charge is -2.26. The number of benzene rings is 2. The monoisotopic (exact) mass is 558 g/mol. The quantitative estimate of drug-likeness (QED) is 0.295. The van der Waals surface area contributed by atoms with E-state index in [1.54, 1.807) is 36.3 Å². The van der Waals surface area contributed by atoms with E-state index in [1.807, 2.05) is 44.2 Å². The van der Waals surface area contributed by atoms with Crippen molar-refractivity contribution < 1.29 is 19.1 Å². The fourth-order valence-corrected chi connectivity index (χ4v) is 6.26. The van der Waals surface area contributed by atoms with Crippen LogP contribution in [0.25, 0.3) is 0 Å². The number of nitrogens with zero attached hydrogens (tertiary/aromatic N) is 1. The number of anilines is 1. The van der Waals surface area contributed by atoms with E-state index >= 15 is 0 Å². The lowest BCUT2D eigenvalue weighted by Crippen LogP contribution is -2.48. The fourth-order valence-electron chi connectivity index (χ4n) is 4.36. The van der Waals surface area contributed by atoms with Gasteiger partial charge < -0.3 is 26.0 Å². The van der Waals surface area contributed by atoms with Gasteiger partial charge in [-0.25, -0.2) is 4.79 Å². The highest BCUT2D eigenvalue weighted by Crippen LogP contribution is 2.32. The van der Waals surface area contributed by atoms with Crippen LogP contribution in [0.1, 0.15) is 32.3 Å². The largest absolute Gasteiger partial charge is 0.497 e. The molecule has 10 heteroatoms. The molecule has 0 saturated carbocycles. The van der Waals surface area contributed by atoms with E-state index < -0.39 is 17.3 Å². The molecule has 38 heavy (non-hydrogen) atoms. The number of methoxy groups -OCH3 is 1. The summed E-state index contributed by atoms with van der Waals surface area (Å²) in [6.45, 7) is 4.92. The molecule has 1 fully saturated rings. The Morgan fingerprint density at radius 1 is 1.08 bits per heavy atom. The first-order chi connectivity index (χ1) is 18.2. The number of hydrogen-bond acceptors (Lipinski definition) is 6. The Labute approximate surface area is 234 Å². The van der Waals surface area contributed by atoms with Crippen molar-refractivity contribution in [3.05, 3.63) is 60.2 Å². The van der Waals surface area contributed by atoms with Gasteiger partial charge >= 0.3 is 6.03 Å². The second-order valence-electron chi connectivity index (χ2n) is 9.91. The molecular formula is C28H38N4O4S2. The van der Waals surface area contributed by atoms with Gasteiger partial charge in [0.05, 0.1) is 12.4 Å². The molecule has 1 aliphatic rings. The second-order valence-corrected chi connectivity index (χ2v) is 12.0. The van der Waals surface area contributed by atoms with Crippen LogP contribution in [0.4, 0.5) is 10.5 Å². The summed E-state index contributed by atoms with van der Waals surface area (Å²) in [5.74, 6) is 0.423. The highest BCUT2D eigenvalue weighted by Gasteiger charge is 2.36. The Kier molecular flexibility index (Phi) is 11.2. The van der Waals surface area contributed by atoms with Crippen LogP contribution in [0.3, 0.4) is 0 Å². The predicted molar refractivity (Wildman–Crippen MR) is 157 cm³/mol. The van der Waals surface area contributed by atoms with Crippen molar-refractivity contribution in [2.75, 3.05) is 25.5 Å². The molecule has 0 spiro atoms. The van der Waals surface area contributed by atoms with Crippen molar-refractivity contribution in [1.29, 1.82) is 0 Å². The van der Waals surface area contributed by atoms with Crippen LogP contribution in [0, 0.1) is 5.92 Å². The number of amides is 4. The number of carbonyl (C=O) groups is 3. The molecule has 2 aromatic carbocycles. The number of thioether (sulfide) groups is 1. The van der Waals surface area contributed by atoms with Crippen molar-refractivity contribution in [1.82, 2.24) is 10.2 Å². The average molecular weight is 559 g/mol. The molecule has 1 saturated heterocycles. The molecule has 1 aliphatic heterocycles. The molecule has 4 N–H and O–H groups in total. The molecule has 4 atom stereocenters. The van der Waals surface area contributed by atoms with Gasteiger partial charge in [-0.1, -0.05) is 44.2 Å². The predicted octanol–water partition coefficient (Wildman–Crippen LogP) is 3.96. The third kappa shape index (κ3) is 8.87. The minimum atomic E-state index is -0.693. The number of nitrogens with one attached hydrogen (secondary N) is 2. The number of carbonyl (C=O) groups excluding carboxylic acids is 3. The number of primary amides is 1. The van der Waals surface area contributed by atoms with Crippen LogP contribution in [-0.2, 0) is 16.0 Å². The van der Waals surface area contributed by atoms with Crippen LogP contribution < -0.4 is 21.1 Å². The molecule has 2 aromatic rings. The zero-order chi connectivity index (χ0) is 27.7. The lowest BCUT2D eigenvalue weighted by molar-refractivity contribution is -0.126. The van der Waals surface area contributed by atoms with Gasteiger partial charge in [-0.05, 0) is 55.0 Å². The van der Waals surface area contributed by atoms with E-state index in [0.717, 1.165) is 5.56 Å². The Balaban J connectivity index is 1.73. The number of nitrogens with two attached hydrogens (primary N) is 1. The molecular weight excluding hydrogens is 520 g/mol. The standard InChI is InChI=1S/C28H38N4O4S2/c1-18(2)15-22(26(33)30-20-10-12-21(36-3)13-11-20)31-27(34)24(14-9-19-7-5-4-6-8-19)38-25-17-32(28(29)35)16-23(25)37/h4-8,10-13,18,22-25,37H,9,14-17H2,1-3H3,(H2,29,35)(H,30,33)(H,31,34)/t22-,23+,24+,25-/m0/s1. The van der Waals surface area contributed by atoms with Gasteiger partial charge in [0, 0.05) is 29.3 Å². The van der Waals surface area contributed by atoms with E-state index in [0.29, 0.717) is 43.8 Å². The zero-order valence-corrected chi connectivity index (χ0v) is 23.8. The number of ether oxygens (including phenoxy) is 1. The number of likely N-dealkylation sites (tertiary alicyclic amines) is 1. The Morgan fingerprint density at radius 2 is 1.76 bits per heavy atom. The van der Waals surface area contributed by atoms with E-state index in [1.165, 1.54) is 11.8 Å². The fraction of sp³-hybridized carbons (Fsp3) is 0.464. The van der Waals surface area contributed by atoms with Crippen LogP contribution in [0.5, 0.6) is 5.75 Å². The minimum absolute atomic E-state index is 0.0472. The summed E-state index contributed by atoms with van der Waals surface area (Å²) >= 11 is 6.17. The minimum Gasteiger partial charge on any atom is -0.497 e. The summed E-state index contributed by atoms with van der Waals surface area (Å²) in [6, 6.07) is 15.9. The summed E-state index contributed by atoms with van der Waals surface area (Å²) < 4.78 is 5.18. The van der Waals surface area contributed by atoms with Gasteiger partial charge in [-0.2, -0.15) is 12.6 Å². The maximum atomic E-state index is 13.6. The number of rotatable bonds is 12. The number of aryl methyl sites for hydroxylation is 1. The first kappa shape index (κ1) is 29.7. The zero-order valence-electron chi connectivity index (χ0n) is 22.1. The second kappa shape index (κ2) is 14.3. The van der Waals surface area contributed by atoms with E-state index in [2.05, 4.69) is 23.3 Å². The van der Waals surface area contributed by atoms with Gasteiger partial charge in [0.15, 0.2) is 0 Å². The van der Waals surface area contributed by atoms with E-state index in [-0.39, 0.29) is 28.2 Å². The van der Waals surface area contributed by atoms with Gasteiger partial charge in [0.1, 0.15) is 11.8 Å². The van der Waals surface area contributed by atoms with Gasteiger partial charge in [0.25, 0.3) is 0 Å². The highest BCUT2D eigenvalue weighted by molar-refractivity contribution is 8.02. The van der Waals surface area contributed by atoms with Crippen molar-refractivity contribution in [3.63, 3.8) is 0 Å². The molecule has 0 bridgehead atoms. The lowest BCUT2D eigenvalue weighted by atomic mass is 10.0. The van der Waals surface area contributed by atoms with Crippen LogP contribution in [0.15, 0.2) is 54.6 Å². The summed E-state index contributed by atoms with van der Waals surface area (Å²) in [6.07, 6.45) is 1.79. The van der Waals surface area contributed by atoms with Crippen LogP contribution >= 0.6 is 24.4 Å². The Bertz CT molecular complexity index is 1070. The van der Waals surface area contributed by atoms with Crippen molar-refractivity contribution >= 4 is 47.9 Å². The van der Waals surface area contributed by atoms with E-state index in [4.69, 9.17) is 10.5 Å². The SMILES string of the molecule is COc1ccc(NC(=O)[C@H](CC(C)C)NC(=O)[C@@H](CCc2ccccc2)S[C@H]2CN(C(N)=O)C[C@H]2S)cc1. The molecule has 3 rings (SSSR count). The number of thiol groups is 1. The molecule has 8 nitrogen and oxygen atoms in total. The Morgan fingerprint density at radius 3 is 2.34 bits per heavy atom. The van der Waals surface area contributed by atoms with Gasteiger partial charge in [0.2, 0.25) is 11.8 Å². The highest BCUT2D eigenvalue weighted by atomic mass is 32.2. The molecule has 1 heterocycles. The average Bonchev–Trinajstić information content (AvgIpc) is 3.27. The number of urea groups is 1. The van der Waals surface area contributed by atoms with Crippen LogP contribution in [0.2, 0.25) is 0 Å². The summed E-state index contributed by atoms with van der Waals surface area (Å²) in [5, 5.41) is 5.37. The summed E-state index contributed by atoms with van der Waals surface area (Å²) in [4.78, 5) is 40.1. The third-order valence-corrected chi connectivity index (χ3v) is 8.75. The first-order valence-corrected chi connectivity index (χ1v) is 14.3. The van der Waals surface area contributed by atoms with Crippen molar-refractivity contribution in [2.24, 2.45) is 11.7 Å². The van der Waals surface area contributed by atoms with Crippen LogP contribution in [-0.4, -0.2) is 64.7 Å². The molecule has 0 aliphatic carbocycles. The topological polar surface area (TPSA) is 114 Å². The molecule has 0 unspecified atom stereocenters. The van der Waals surface area contributed by atoms with E-state index in [9.17, 15) is 14.4 Å². The third-order valence-electron chi connectivity index (χ3n) is 6.42. The summed E-state index contributed by atoms with van der Waals surface area (Å²) in [5.41, 5.74) is 7.25. The number of hydrogen-bond donors (Lipinski definition) is 4. The first-order valence-electron chi connectivity index (χ1n) is 12.8. The van der Waals surface area contributed by atoms with Crippen molar-refractivity contribution in [3.8, 4) is 5.75 Å². The normalized spacial score (nSPS) is 18.6.